The van der Waals surface area contributed by atoms with Crippen LogP contribution in [0.15, 0.2) is 48.6 Å². The van der Waals surface area contributed by atoms with E-state index in [0.29, 0.717) is 45.4 Å². The Hall–Kier alpha value is -4.05. The molecule has 2 saturated carbocycles. The molecular weight excluding hydrogens is 735 g/mol. The van der Waals surface area contributed by atoms with Crippen molar-refractivity contribution >= 4 is 44.8 Å². The summed E-state index contributed by atoms with van der Waals surface area (Å²) in [5.41, 5.74) is 0.884. The molecule has 2 aromatic rings. The molecule has 15 heteroatoms. The first kappa shape index (κ1) is 38.8. The van der Waals surface area contributed by atoms with Gasteiger partial charge in [0.05, 0.1) is 0 Å². The molecular formula is C41H55N7O7S. The van der Waals surface area contributed by atoms with Crippen molar-refractivity contribution in [3.8, 4) is 0 Å². The Kier molecular flexibility index (Phi) is 11.1. The fourth-order valence-corrected chi connectivity index (χ4v) is 10.7. The largest absolute Gasteiger partial charge is 0.446 e. The van der Waals surface area contributed by atoms with Gasteiger partial charge in [-0.15, -0.1) is 0 Å². The van der Waals surface area contributed by atoms with Crippen LogP contribution >= 0.6 is 0 Å². The second-order valence-corrected chi connectivity index (χ2v) is 18.4. The molecule has 4 fully saturated rings. The van der Waals surface area contributed by atoms with Crippen LogP contribution < -0.4 is 15.4 Å². The highest BCUT2D eigenvalue weighted by Gasteiger charge is 2.62. The highest BCUT2D eigenvalue weighted by atomic mass is 32.2. The third kappa shape index (κ3) is 8.05. The van der Waals surface area contributed by atoms with Gasteiger partial charge in [0.1, 0.15) is 23.7 Å². The molecule has 56 heavy (non-hydrogen) atoms. The van der Waals surface area contributed by atoms with Gasteiger partial charge in [0.2, 0.25) is 11.8 Å². The molecule has 4 amide bonds. The van der Waals surface area contributed by atoms with Gasteiger partial charge < -0.3 is 25.2 Å². The molecule has 2 aromatic carbocycles. The van der Waals surface area contributed by atoms with Crippen LogP contribution in [0.2, 0.25) is 0 Å². The van der Waals surface area contributed by atoms with Crippen molar-refractivity contribution in [3.05, 3.63) is 59.7 Å². The Bertz CT molecular complexity index is 1940. The van der Waals surface area contributed by atoms with Crippen molar-refractivity contribution in [1.29, 1.82) is 0 Å². The van der Waals surface area contributed by atoms with Crippen molar-refractivity contribution in [3.63, 3.8) is 0 Å². The fraction of sp³-hybridized carbons (Fsp3) is 0.610. The van der Waals surface area contributed by atoms with E-state index < -0.39 is 51.7 Å². The highest BCUT2D eigenvalue weighted by molar-refractivity contribution is 7.87. The van der Waals surface area contributed by atoms with E-state index in [2.05, 4.69) is 56.7 Å². The molecule has 5 atom stereocenters. The zero-order chi connectivity index (χ0) is 39.0. The molecule has 4 aliphatic heterocycles. The Morgan fingerprint density at radius 3 is 2.32 bits per heavy atom. The lowest BCUT2D eigenvalue weighted by atomic mass is 9.94. The summed E-state index contributed by atoms with van der Waals surface area (Å²) >= 11 is 0. The molecule has 0 aromatic heterocycles. The van der Waals surface area contributed by atoms with E-state index in [-0.39, 0.29) is 44.1 Å². The summed E-state index contributed by atoms with van der Waals surface area (Å²) in [6.07, 6.45) is 10.7. The number of rotatable bonds is 6. The van der Waals surface area contributed by atoms with Crippen molar-refractivity contribution in [1.82, 2.24) is 34.4 Å². The van der Waals surface area contributed by atoms with Gasteiger partial charge in [-0.2, -0.15) is 12.7 Å². The monoisotopic (exact) mass is 789 g/mol. The quantitative estimate of drug-likeness (QED) is 0.374. The molecule has 3 N–H and O–H groups in total. The summed E-state index contributed by atoms with van der Waals surface area (Å²) in [6.45, 7) is 3.14. The SMILES string of the molecule is CN1CCN(S(=O)(=O)NC(=O)C23CC2/C=C/CCCCCC(NC(=O)OC2CCCC2)C(=O)N2C[C@H](N4Cc5cccc6cccc(c56)C4)CC2C(=O)N3)CC1. The number of alkyl carbamates (subject to hydrolysis) is 1. The van der Waals surface area contributed by atoms with Gasteiger partial charge in [-0.3, -0.25) is 19.3 Å². The van der Waals surface area contributed by atoms with Crippen LogP contribution in [0.5, 0.6) is 0 Å². The van der Waals surface area contributed by atoms with E-state index in [4.69, 9.17) is 4.74 Å². The second-order valence-electron chi connectivity index (χ2n) is 16.7. The van der Waals surface area contributed by atoms with Crippen LogP contribution in [0.4, 0.5) is 4.79 Å². The van der Waals surface area contributed by atoms with Crippen LogP contribution in [0.1, 0.15) is 81.8 Å². The fourth-order valence-electron chi connectivity index (χ4n) is 9.51. The van der Waals surface area contributed by atoms with E-state index in [0.717, 1.165) is 44.9 Å². The summed E-state index contributed by atoms with van der Waals surface area (Å²) in [5, 5.41) is 8.31. The van der Waals surface area contributed by atoms with Crippen molar-refractivity contribution in [2.45, 2.75) is 113 Å². The third-order valence-corrected chi connectivity index (χ3v) is 14.4. The topological polar surface area (TPSA) is 161 Å². The smallest absolute Gasteiger partial charge is 0.408 e. The van der Waals surface area contributed by atoms with E-state index in [1.54, 1.807) is 4.90 Å². The van der Waals surface area contributed by atoms with Gasteiger partial charge in [-0.1, -0.05) is 61.4 Å². The Labute approximate surface area is 329 Å². The number of carbonyl (C=O) groups excluding carboxylic acids is 4. The summed E-state index contributed by atoms with van der Waals surface area (Å²) in [6, 6.07) is 10.5. The summed E-state index contributed by atoms with van der Waals surface area (Å²) < 4.78 is 36.2. The Morgan fingerprint density at radius 2 is 1.61 bits per heavy atom. The summed E-state index contributed by atoms with van der Waals surface area (Å²) in [4.78, 5) is 62.6. The predicted octanol–water partition coefficient (Wildman–Crippen LogP) is 3.17. The first-order valence-corrected chi connectivity index (χ1v) is 22.0. The molecule has 0 spiro atoms. The number of allylic oxidation sites excluding steroid dienone is 1. The van der Waals surface area contributed by atoms with E-state index >= 15 is 0 Å². The normalized spacial score (nSPS) is 30.4. The molecule has 4 heterocycles. The number of nitrogens with one attached hydrogen (secondary N) is 3. The molecule has 4 unspecified atom stereocenters. The number of hydrogen-bond donors (Lipinski definition) is 3. The number of amides is 4. The zero-order valence-corrected chi connectivity index (χ0v) is 33.1. The van der Waals surface area contributed by atoms with Gasteiger partial charge in [0.25, 0.3) is 5.91 Å². The van der Waals surface area contributed by atoms with E-state index in [1.165, 1.54) is 26.2 Å². The summed E-state index contributed by atoms with van der Waals surface area (Å²) in [7, 11) is -2.24. The van der Waals surface area contributed by atoms with Gasteiger partial charge >= 0.3 is 16.3 Å². The Morgan fingerprint density at radius 1 is 0.911 bits per heavy atom. The first-order valence-electron chi connectivity index (χ1n) is 20.5. The number of piperazine rings is 1. The van der Waals surface area contributed by atoms with Crippen molar-refractivity contribution < 1.29 is 32.3 Å². The number of nitrogens with zero attached hydrogens (tertiary/aromatic N) is 4. The van der Waals surface area contributed by atoms with Crippen LogP contribution in [-0.4, -0.2) is 121 Å². The third-order valence-electron chi connectivity index (χ3n) is 12.9. The molecule has 6 aliphatic rings. The lowest BCUT2D eigenvalue weighted by Gasteiger charge is -2.34. The second kappa shape index (κ2) is 16.1. The van der Waals surface area contributed by atoms with Crippen molar-refractivity contribution in [2.75, 3.05) is 39.8 Å². The number of hydrogen-bond acceptors (Lipinski definition) is 9. The highest BCUT2D eigenvalue weighted by Crippen LogP contribution is 2.46. The zero-order valence-electron chi connectivity index (χ0n) is 32.3. The summed E-state index contributed by atoms with van der Waals surface area (Å²) in [5.74, 6) is -2.04. The average molecular weight is 790 g/mol. The van der Waals surface area contributed by atoms with Gasteiger partial charge in [0.15, 0.2) is 0 Å². The minimum Gasteiger partial charge on any atom is -0.446 e. The maximum atomic E-state index is 14.7. The maximum Gasteiger partial charge on any atom is 0.408 e. The predicted molar refractivity (Wildman–Crippen MR) is 210 cm³/mol. The minimum absolute atomic E-state index is 0.172. The van der Waals surface area contributed by atoms with E-state index in [9.17, 15) is 27.6 Å². The minimum atomic E-state index is -4.16. The van der Waals surface area contributed by atoms with Crippen LogP contribution in [0, 0.1) is 5.92 Å². The molecule has 0 radical (unpaired) electrons. The standard InChI is InChI=1S/C41H55N7O7S/c1-45-19-21-47(22-20-45)56(53,54)44-39(51)41-24-31(41)15-5-3-2-4-6-18-34(42-40(52)55-33-16-7-8-17-33)38(50)48-27-32(23-35(48)37(49)43-41)46-25-29-13-9-11-28-12-10-14-30(26-46)36(28)29/h5,9-15,31-35H,2-4,6-8,16-27H2,1H3,(H,42,52)(H,43,49)(H,44,51)/b15-5+/t31?,32-,34?,35?,41?/m1/s1. The molecule has 0 bridgehead atoms. The van der Waals surface area contributed by atoms with Crippen LogP contribution in [0.25, 0.3) is 10.8 Å². The van der Waals surface area contributed by atoms with Gasteiger partial charge in [-0.05, 0) is 86.7 Å². The lowest BCUT2D eigenvalue weighted by Crippen LogP contribution is -2.60. The number of likely N-dealkylation sites (N-methyl/N-ethyl adjacent to an activating group) is 1. The maximum absolute atomic E-state index is 14.7. The molecule has 2 aliphatic carbocycles. The molecule has 14 nitrogen and oxygen atoms in total. The molecule has 302 valence electrons. The number of benzene rings is 2. The molecule has 2 saturated heterocycles. The van der Waals surface area contributed by atoms with Gasteiger partial charge in [-0.25, -0.2) is 9.52 Å². The van der Waals surface area contributed by atoms with Gasteiger partial charge in [0, 0.05) is 57.8 Å². The van der Waals surface area contributed by atoms with Crippen molar-refractivity contribution in [2.24, 2.45) is 5.92 Å². The first-order chi connectivity index (χ1) is 27.0. The van der Waals surface area contributed by atoms with Crippen LogP contribution in [0.3, 0.4) is 0 Å². The Balaban J connectivity index is 1.07. The number of fused-ring (bicyclic) bond motifs is 2. The van der Waals surface area contributed by atoms with Crippen LogP contribution in [-0.2, 0) is 42.4 Å². The lowest BCUT2D eigenvalue weighted by molar-refractivity contribution is -0.141. The number of carbonyl (C=O) groups is 4. The average Bonchev–Trinajstić information content (AvgIpc) is 3.46. The van der Waals surface area contributed by atoms with E-state index in [1.807, 2.05) is 24.1 Å². The number of ether oxygens (including phenoxy) is 1. The molecule has 8 rings (SSSR count).